The summed E-state index contributed by atoms with van der Waals surface area (Å²) < 4.78 is 5.07. The van der Waals surface area contributed by atoms with Gasteiger partial charge in [0, 0.05) is 6.42 Å². The predicted octanol–water partition coefficient (Wildman–Crippen LogP) is 2.65. The van der Waals surface area contributed by atoms with Crippen LogP contribution in [0.25, 0.3) is 0 Å². The molecule has 0 spiro atoms. The monoisotopic (exact) mass is 337 g/mol. The van der Waals surface area contributed by atoms with E-state index in [-0.39, 0.29) is 19.4 Å². The molecule has 0 radical (unpaired) electrons. The Bertz CT molecular complexity index is 593. The topological polar surface area (TPSA) is 113 Å². The molecular formula is C17H23NO6. The number of ether oxygens (including phenoxy) is 1. The molecule has 0 bridgehead atoms. The Kier molecular flexibility index (Phi) is 6.34. The predicted molar refractivity (Wildman–Crippen MR) is 86.5 cm³/mol. The quantitative estimate of drug-likeness (QED) is 0.705. The molecule has 1 aromatic carbocycles. The van der Waals surface area contributed by atoms with Crippen LogP contribution in [0.1, 0.15) is 39.2 Å². The maximum absolute atomic E-state index is 12.1. The molecule has 0 unspecified atom stereocenters. The second-order valence-corrected chi connectivity index (χ2v) is 6.54. The zero-order chi connectivity index (χ0) is 18.4. The molecule has 1 aromatic rings. The number of carboxylic acids is 2. The van der Waals surface area contributed by atoms with Gasteiger partial charge in [0.25, 0.3) is 0 Å². The number of benzene rings is 1. The molecule has 7 heteroatoms. The second kappa shape index (κ2) is 7.81. The van der Waals surface area contributed by atoms with Crippen LogP contribution in [0.15, 0.2) is 30.3 Å². The molecule has 0 aliphatic carbocycles. The minimum atomic E-state index is -1.75. The van der Waals surface area contributed by atoms with Crippen molar-refractivity contribution in [3.8, 4) is 0 Å². The van der Waals surface area contributed by atoms with Crippen molar-refractivity contribution in [2.45, 2.75) is 45.8 Å². The number of carbonyl (C=O) groups excluding carboxylic acids is 1. The molecule has 0 heterocycles. The van der Waals surface area contributed by atoms with Crippen molar-refractivity contribution in [3.05, 3.63) is 35.9 Å². The first kappa shape index (κ1) is 19.5. The fourth-order valence-corrected chi connectivity index (χ4v) is 2.33. The minimum absolute atomic E-state index is 0.00849. The molecule has 1 rings (SSSR count). The Hall–Kier alpha value is -2.57. The van der Waals surface area contributed by atoms with Crippen LogP contribution in [0.5, 0.6) is 0 Å². The van der Waals surface area contributed by atoms with Crippen LogP contribution in [-0.4, -0.2) is 33.8 Å². The van der Waals surface area contributed by atoms with Crippen LogP contribution in [0.4, 0.5) is 4.79 Å². The van der Waals surface area contributed by atoms with Crippen LogP contribution in [-0.2, 0) is 20.9 Å². The molecule has 0 aliphatic rings. The average Bonchev–Trinajstić information content (AvgIpc) is 2.48. The number of hydrogen-bond acceptors (Lipinski definition) is 4. The van der Waals surface area contributed by atoms with Gasteiger partial charge in [-0.2, -0.15) is 0 Å². The lowest BCUT2D eigenvalue weighted by Crippen LogP contribution is -2.62. The molecule has 1 amide bonds. The van der Waals surface area contributed by atoms with Gasteiger partial charge in [-0.3, -0.25) is 4.79 Å². The highest BCUT2D eigenvalue weighted by Gasteiger charge is 2.50. The summed E-state index contributed by atoms with van der Waals surface area (Å²) in [6.07, 6.45) is -1.54. The van der Waals surface area contributed by atoms with E-state index in [9.17, 15) is 19.5 Å². The summed E-state index contributed by atoms with van der Waals surface area (Å²) >= 11 is 0. The highest BCUT2D eigenvalue weighted by molar-refractivity contribution is 5.86. The van der Waals surface area contributed by atoms with E-state index >= 15 is 0 Å². The van der Waals surface area contributed by atoms with E-state index in [1.165, 1.54) is 0 Å². The summed E-state index contributed by atoms with van der Waals surface area (Å²) in [5.74, 6) is -2.43. The summed E-state index contributed by atoms with van der Waals surface area (Å²) in [7, 11) is 0. The summed E-state index contributed by atoms with van der Waals surface area (Å²) in [6.45, 7) is 4.87. The van der Waals surface area contributed by atoms with Crippen molar-refractivity contribution < 1.29 is 29.3 Å². The van der Waals surface area contributed by atoms with E-state index in [4.69, 9.17) is 9.84 Å². The van der Waals surface area contributed by atoms with Gasteiger partial charge < -0.3 is 20.3 Å². The Morgan fingerprint density at radius 3 is 2.12 bits per heavy atom. The molecule has 0 saturated carbocycles. The summed E-state index contributed by atoms with van der Waals surface area (Å²) in [5.41, 5.74) is -1.91. The molecule has 3 N–H and O–H groups in total. The van der Waals surface area contributed by atoms with Crippen LogP contribution < -0.4 is 5.32 Å². The normalized spacial score (nSPS) is 13.6. The molecule has 0 saturated heterocycles. The van der Waals surface area contributed by atoms with Crippen molar-refractivity contribution in [1.82, 2.24) is 5.32 Å². The molecule has 24 heavy (non-hydrogen) atoms. The third-order valence-electron chi connectivity index (χ3n) is 3.89. The van der Waals surface area contributed by atoms with Crippen LogP contribution in [0.3, 0.4) is 0 Å². The third kappa shape index (κ3) is 4.97. The lowest BCUT2D eigenvalue weighted by Gasteiger charge is -2.41. The van der Waals surface area contributed by atoms with E-state index in [2.05, 4.69) is 5.32 Å². The smallest absolute Gasteiger partial charge is 0.408 e. The maximum atomic E-state index is 12.1. The third-order valence-corrected chi connectivity index (χ3v) is 3.89. The Morgan fingerprint density at radius 1 is 1.08 bits per heavy atom. The van der Waals surface area contributed by atoms with Gasteiger partial charge in [0.15, 0.2) is 0 Å². The number of aliphatic carboxylic acids is 2. The number of carboxylic acid groups (broad SMARTS) is 2. The Morgan fingerprint density at radius 2 is 1.67 bits per heavy atom. The van der Waals surface area contributed by atoms with Gasteiger partial charge in [0.1, 0.15) is 12.1 Å². The van der Waals surface area contributed by atoms with Gasteiger partial charge in [0.2, 0.25) is 0 Å². The van der Waals surface area contributed by atoms with E-state index in [1.807, 2.05) is 6.07 Å². The lowest BCUT2D eigenvalue weighted by molar-refractivity contribution is -0.151. The van der Waals surface area contributed by atoms with Gasteiger partial charge in [-0.15, -0.1) is 0 Å². The SMILES string of the molecule is CC(C)(C)[C@](CCC(=O)O)(NC(=O)OCc1ccccc1)C(=O)O. The van der Waals surface area contributed by atoms with Crippen LogP contribution >= 0.6 is 0 Å². The second-order valence-electron chi connectivity index (χ2n) is 6.54. The number of carbonyl (C=O) groups is 3. The van der Waals surface area contributed by atoms with Crippen molar-refractivity contribution in [1.29, 1.82) is 0 Å². The van der Waals surface area contributed by atoms with E-state index < -0.39 is 29.0 Å². The zero-order valence-corrected chi connectivity index (χ0v) is 14.0. The first-order chi connectivity index (χ1) is 11.1. The lowest BCUT2D eigenvalue weighted by atomic mass is 9.71. The van der Waals surface area contributed by atoms with E-state index in [0.717, 1.165) is 5.56 Å². The highest BCUT2D eigenvalue weighted by Crippen LogP contribution is 2.35. The first-order valence-corrected chi connectivity index (χ1v) is 7.52. The number of nitrogens with one attached hydrogen (secondary N) is 1. The molecule has 132 valence electrons. The number of amides is 1. The van der Waals surface area contributed by atoms with Crippen molar-refractivity contribution in [2.75, 3.05) is 0 Å². The van der Waals surface area contributed by atoms with Crippen molar-refractivity contribution in [2.24, 2.45) is 5.41 Å². The van der Waals surface area contributed by atoms with Gasteiger partial charge >= 0.3 is 18.0 Å². The summed E-state index contributed by atoms with van der Waals surface area (Å²) in [6, 6.07) is 8.95. The fraction of sp³-hybridized carbons (Fsp3) is 0.471. The van der Waals surface area contributed by atoms with Crippen LogP contribution in [0.2, 0.25) is 0 Å². The summed E-state index contributed by atoms with van der Waals surface area (Å²) in [5, 5.41) is 20.9. The zero-order valence-electron chi connectivity index (χ0n) is 14.0. The fourth-order valence-electron chi connectivity index (χ4n) is 2.33. The maximum Gasteiger partial charge on any atom is 0.408 e. The number of rotatable bonds is 7. The van der Waals surface area contributed by atoms with Gasteiger partial charge in [-0.25, -0.2) is 9.59 Å². The Labute approximate surface area is 140 Å². The van der Waals surface area contributed by atoms with Crippen molar-refractivity contribution >= 4 is 18.0 Å². The molecule has 1 atom stereocenters. The van der Waals surface area contributed by atoms with Gasteiger partial charge in [-0.1, -0.05) is 51.1 Å². The van der Waals surface area contributed by atoms with Gasteiger partial charge in [-0.05, 0) is 17.4 Å². The number of hydrogen-bond donors (Lipinski definition) is 3. The molecule has 0 aliphatic heterocycles. The van der Waals surface area contributed by atoms with Crippen molar-refractivity contribution in [3.63, 3.8) is 0 Å². The first-order valence-electron chi connectivity index (χ1n) is 7.52. The van der Waals surface area contributed by atoms with Gasteiger partial charge in [0.05, 0.1) is 0 Å². The molecule has 0 aromatic heterocycles. The summed E-state index contributed by atoms with van der Waals surface area (Å²) in [4.78, 5) is 34.8. The van der Waals surface area contributed by atoms with E-state index in [0.29, 0.717) is 0 Å². The minimum Gasteiger partial charge on any atom is -0.481 e. The molecule has 0 fully saturated rings. The Balaban J connectivity index is 2.88. The van der Waals surface area contributed by atoms with Crippen LogP contribution in [0, 0.1) is 5.41 Å². The molecular weight excluding hydrogens is 314 g/mol. The molecule has 7 nitrogen and oxygen atoms in total. The largest absolute Gasteiger partial charge is 0.481 e. The average molecular weight is 337 g/mol. The highest BCUT2D eigenvalue weighted by atomic mass is 16.5. The number of alkyl carbamates (subject to hydrolysis) is 1. The standard InChI is InChI=1S/C17H23NO6/c1-16(2,3)17(14(21)22,10-9-13(19)20)18-15(23)24-11-12-7-5-4-6-8-12/h4-8H,9-11H2,1-3H3,(H,18,23)(H,19,20)(H,21,22)/t17-/m1/s1. The van der Waals surface area contributed by atoms with E-state index in [1.54, 1.807) is 45.0 Å².